The molecule has 2 heterocycles. The van der Waals surface area contributed by atoms with Gasteiger partial charge < -0.3 is 10.0 Å². The van der Waals surface area contributed by atoms with Gasteiger partial charge >= 0.3 is 0 Å². The fourth-order valence-corrected chi connectivity index (χ4v) is 4.22. The number of hydrogen-bond acceptors (Lipinski definition) is 3. The molecule has 0 bridgehead atoms. The van der Waals surface area contributed by atoms with Crippen LogP contribution in [0.1, 0.15) is 17.0 Å². The Hall–Kier alpha value is -1.91. The van der Waals surface area contributed by atoms with Crippen LogP contribution in [0, 0.1) is 5.82 Å². The fourth-order valence-electron chi connectivity index (χ4n) is 4.22. The standard InChI is InChI=1S/C19H21FN2O/c1-21-11-17-19(14-7-3-5-9-16(14)21)18(12-23)22(17)10-13-6-2-4-8-15(13)20/h2-9,17-19,23H,10-12H2,1H3/t17-,18+,19+/m0/s1. The van der Waals surface area contributed by atoms with Crippen LogP contribution in [0.5, 0.6) is 0 Å². The summed E-state index contributed by atoms with van der Waals surface area (Å²) < 4.78 is 14.0. The van der Waals surface area contributed by atoms with E-state index in [-0.39, 0.29) is 18.5 Å². The van der Waals surface area contributed by atoms with Crippen molar-refractivity contribution in [2.24, 2.45) is 0 Å². The van der Waals surface area contributed by atoms with Crippen LogP contribution in [0.15, 0.2) is 48.5 Å². The van der Waals surface area contributed by atoms with Gasteiger partial charge in [0.15, 0.2) is 0 Å². The lowest BCUT2D eigenvalue weighted by molar-refractivity contribution is -0.0495. The number of likely N-dealkylation sites (N-methyl/N-ethyl adjacent to an activating group) is 1. The number of fused-ring (bicyclic) bond motifs is 3. The number of nitrogens with zero attached hydrogens (tertiary/aromatic N) is 2. The summed E-state index contributed by atoms with van der Waals surface area (Å²) in [5.41, 5.74) is 3.25. The summed E-state index contributed by atoms with van der Waals surface area (Å²) in [4.78, 5) is 4.51. The minimum atomic E-state index is -0.169. The second-order valence-electron chi connectivity index (χ2n) is 6.55. The first-order chi connectivity index (χ1) is 11.2. The summed E-state index contributed by atoms with van der Waals surface area (Å²) in [6, 6.07) is 15.7. The van der Waals surface area contributed by atoms with Crippen LogP contribution in [-0.2, 0) is 6.54 Å². The summed E-state index contributed by atoms with van der Waals surface area (Å²) in [7, 11) is 2.10. The number of benzene rings is 2. The Balaban J connectivity index is 1.64. The third-order valence-corrected chi connectivity index (χ3v) is 5.35. The molecule has 0 unspecified atom stereocenters. The SMILES string of the molecule is CN1C[C@H]2[C@@H](c3ccccc31)[C@@H](CO)N2Cc1ccccc1F. The molecule has 0 spiro atoms. The van der Waals surface area contributed by atoms with E-state index >= 15 is 0 Å². The average Bonchev–Trinajstić information content (AvgIpc) is 2.56. The van der Waals surface area contributed by atoms with Crippen LogP contribution in [0.4, 0.5) is 10.1 Å². The zero-order valence-electron chi connectivity index (χ0n) is 13.2. The van der Waals surface area contributed by atoms with Crippen LogP contribution < -0.4 is 4.90 Å². The smallest absolute Gasteiger partial charge is 0.127 e. The second-order valence-corrected chi connectivity index (χ2v) is 6.55. The monoisotopic (exact) mass is 312 g/mol. The molecule has 1 fully saturated rings. The number of anilines is 1. The maximum Gasteiger partial charge on any atom is 0.127 e. The molecule has 2 aromatic rings. The molecule has 1 saturated heterocycles. The van der Waals surface area contributed by atoms with Gasteiger partial charge in [-0.05, 0) is 17.7 Å². The maximum atomic E-state index is 14.0. The van der Waals surface area contributed by atoms with E-state index in [0.29, 0.717) is 24.1 Å². The van der Waals surface area contributed by atoms with Crippen molar-refractivity contribution >= 4 is 5.69 Å². The highest BCUT2D eigenvalue weighted by Gasteiger charge is 2.51. The highest BCUT2D eigenvalue weighted by atomic mass is 19.1. The molecular formula is C19H21FN2O. The molecular weight excluding hydrogens is 291 g/mol. The largest absolute Gasteiger partial charge is 0.395 e. The molecule has 120 valence electrons. The van der Waals surface area contributed by atoms with Gasteiger partial charge in [0.2, 0.25) is 0 Å². The quantitative estimate of drug-likeness (QED) is 0.944. The van der Waals surface area contributed by atoms with Crippen molar-refractivity contribution in [1.82, 2.24) is 4.90 Å². The van der Waals surface area contributed by atoms with E-state index < -0.39 is 0 Å². The normalized spacial score (nSPS) is 26.4. The number of aliphatic hydroxyl groups is 1. The van der Waals surface area contributed by atoms with Gasteiger partial charge in [0.25, 0.3) is 0 Å². The van der Waals surface area contributed by atoms with Gasteiger partial charge in [-0.15, -0.1) is 0 Å². The van der Waals surface area contributed by atoms with Crippen LogP contribution in [0.25, 0.3) is 0 Å². The van der Waals surface area contributed by atoms with Crippen LogP contribution in [0.2, 0.25) is 0 Å². The summed E-state index contributed by atoms with van der Waals surface area (Å²) in [6.45, 7) is 1.56. The molecule has 3 atom stereocenters. The lowest BCUT2D eigenvalue weighted by Gasteiger charge is -2.59. The predicted octanol–water partition coefficient (Wildman–Crippen LogP) is 2.60. The molecule has 23 heavy (non-hydrogen) atoms. The summed E-state index contributed by atoms with van der Waals surface area (Å²) in [6.07, 6.45) is 0. The Labute approximate surface area is 136 Å². The van der Waals surface area contributed by atoms with Gasteiger partial charge in [0, 0.05) is 49.4 Å². The summed E-state index contributed by atoms with van der Waals surface area (Å²) in [5, 5.41) is 9.89. The molecule has 0 radical (unpaired) electrons. The van der Waals surface area contributed by atoms with E-state index in [0.717, 1.165) is 6.54 Å². The van der Waals surface area contributed by atoms with Crippen LogP contribution in [0.3, 0.4) is 0 Å². The molecule has 0 aliphatic carbocycles. The second kappa shape index (κ2) is 5.62. The van der Waals surface area contributed by atoms with Crippen molar-refractivity contribution in [3.8, 4) is 0 Å². The first kappa shape index (κ1) is 14.7. The number of aliphatic hydroxyl groups excluding tert-OH is 1. The van der Waals surface area contributed by atoms with E-state index in [9.17, 15) is 9.50 Å². The Morgan fingerprint density at radius 1 is 1.13 bits per heavy atom. The van der Waals surface area contributed by atoms with Crippen LogP contribution in [-0.4, -0.2) is 42.3 Å². The lowest BCUT2D eigenvalue weighted by atomic mass is 9.72. The van der Waals surface area contributed by atoms with E-state index in [1.54, 1.807) is 6.07 Å². The number of likely N-dealkylation sites (tertiary alicyclic amines) is 1. The third kappa shape index (κ3) is 2.25. The van der Waals surface area contributed by atoms with E-state index in [1.165, 1.54) is 17.3 Å². The molecule has 3 nitrogen and oxygen atoms in total. The van der Waals surface area contributed by atoms with Gasteiger partial charge in [-0.3, -0.25) is 4.90 Å². The Morgan fingerprint density at radius 2 is 1.87 bits per heavy atom. The van der Waals surface area contributed by atoms with E-state index in [2.05, 4.69) is 41.1 Å². The maximum absolute atomic E-state index is 14.0. The Kier molecular flexibility index (Phi) is 3.58. The molecule has 2 aromatic carbocycles. The summed E-state index contributed by atoms with van der Waals surface area (Å²) in [5.74, 6) is 0.163. The minimum Gasteiger partial charge on any atom is -0.395 e. The van der Waals surface area contributed by atoms with Gasteiger partial charge in [0.1, 0.15) is 5.82 Å². The Bertz CT molecular complexity index is 720. The molecule has 0 amide bonds. The van der Waals surface area contributed by atoms with Crippen molar-refractivity contribution in [2.75, 3.05) is 25.1 Å². The molecule has 4 rings (SSSR count). The number of hydrogen-bond donors (Lipinski definition) is 1. The van der Waals surface area contributed by atoms with Crippen molar-refractivity contribution in [2.45, 2.75) is 24.5 Å². The zero-order chi connectivity index (χ0) is 16.0. The number of halogens is 1. The van der Waals surface area contributed by atoms with Crippen LogP contribution >= 0.6 is 0 Å². The molecule has 0 saturated carbocycles. The predicted molar refractivity (Wildman–Crippen MR) is 89.1 cm³/mol. The number of para-hydroxylation sites is 1. The topological polar surface area (TPSA) is 26.7 Å². The molecule has 1 N–H and O–H groups in total. The van der Waals surface area contributed by atoms with Gasteiger partial charge in [-0.1, -0.05) is 36.4 Å². The Morgan fingerprint density at radius 3 is 2.65 bits per heavy atom. The third-order valence-electron chi connectivity index (χ3n) is 5.35. The summed E-state index contributed by atoms with van der Waals surface area (Å²) >= 11 is 0. The van der Waals surface area contributed by atoms with E-state index in [1.807, 2.05) is 12.1 Å². The van der Waals surface area contributed by atoms with Gasteiger partial charge in [-0.25, -0.2) is 4.39 Å². The zero-order valence-corrected chi connectivity index (χ0v) is 13.2. The lowest BCUT2D eigenvalue weighted by Crippen LogP contribution is -2.68. The number of rotatable bonds is 3. The van der Waals surface area contributed by atoms with Crippen molar-refractivity contribution in [3.05, 3.63) is 65.5 Å². The van der Waals surface area contributed by atoms with Gasteiger partial charge in [0.05, 0.1) is 6.61 Å². The average molecular weight is 312 g/mol. The molecule has 4 heteroatoms. The van der Waals surface area contributed by atoms with Crippen molar-refractivity contribution in [3.63, 3.8) is 0 Å². The first-order valence-corrected chi connectivity index (χ1v) is 8.10. The van der Waals surface area contributed by atoms with Gasteiger partial charge in [-0.2, -0.15) is 0 Å². The fraction of sp³-hybridized carbons (Fsp3) is 0.368. The molecule has 2 aliphatic heterocycles. The first-order valence-electron chi connectivity index (χ1n) is 8.10. The minimum absolute atomic E-state index is 0.0643. The highest BCUT2D eigenvalue weighted by Crippen LogP contribution is 2.48. The molecule has 2 aliphatic rings. The highest BCUT2D eigenvalue weighted by molar-refractivity contribution is 5.59. The van der Waals surface area contributed by atoms with Crippen molar-refractivity contribution < 1.29 is 9.50 Å². The molecule has 0 aromatic heterocycles. The van der Waals surface area contributed by atoms with E-state index in [4.69, 9.17) is 0 Å². The van der Waals surface area contributed by atoms with Crippen molar-refractivity contribution in [1.29, 1.82) is 0 Å².